The Bertz CT molecular complexity index is 907. The molecule has 0 fully saturated rings. The summed E-state index contributed by atoms with van der Waals surface area (Å²) in [7, 11) is 1.72. The number of aryl methyl sites for hydroxylation is 1. The number of rotatable bonds is 4. The SMILES string of the molecule is Cc1cccc(N(C)C(=O)COc2nc3cc(F)ccc3s2)c1C. The van der Waals surface area contributed by atoms with Crippen LogP contribution in [0.1, 0.15) is 11.1 Å². The first-order valence-electron chi connectivity index (χ1n) is 7.47. The molecular formula is C18H17FN2O2S. The van der Waals surface area contributed by atoms with Gasteiger partial charge in [-0.15, -0.1) is 0 Å². The Morgan fingerprint density at radius 1 is 1.29 bits per heavy atom. The molecule has 124 valence electrons. The van der Waals surface area contributed by atoms with E-state index in [9.17, 15) is 9.18 Å². The van der Waals surface area contributed by atoms with E-state index in [0.29, 0.717) is 10.7 Å². The van der Waals surface area contributed by atoms with Gasteiger partial charge in [0.2, 0.25) is 0 Å². The fourth-order valence-electron chi connectivity index (χ4n) is 2.39. The van der Waals surface area contributed by atoms with E-state index in [1.807, 2.05) is 32.0 Å². The van der Waals surface area contributed by atoms with Gasteiger partial charge in [-0.3, -0.25) is 4.79 Å². The van der Waals surface area contributed by atoms with Crippen LogP contribution in [0, 0.1) is 19.7 Å². The summed E-state index contributed by atoms with van der Waals surface area (Å²) < 4.78 is 19.5. The molecule has 2 aromatic carbocycles. The number of hydrogen-bond donors (Lipinski definition) is 0. The molecule has 3 aromatic rings. The van der Waals surface area contributed by atoms with Gasteiger partial charge in [-0.05, 0) is 43.2 Å². The lowest BCUT2D eigenvalue weighted by atomic mass is 10.1. The first kappa shape index (κ1) is 16.4. The largest absolute Gasteiger partial charge is 0.460 e. The second-order valence-corrected chi connectivity index (χ2v) is 6.55. The predicted molar refractivity (Wildman–Crippen MR) is 94.4 cm³/mol. The highest BCUT2D eigenvalue weighted by Crippen LogP contribution is 2.28. The Morgan fingerprint density at radius 2 is 2.08 bits per heavy atom. The van der Waals surface area contributed by atoms with Crippen molar-refractivity contribution < 1.29 is 13.9 Å². The van der Waals surface area contributed by atoms with Crippen LogP contribution in [0.2, 0.25) is 0 Å². The molecule has 0 unspecified atom stereocenters. The minimum absolute atomic E-state index is 0.119. The molecule has 0 aliphatic carbocycles. The number of hydrogen-bond acceptors (Lipinski definition) is 4. The molecule has 0 saturated heterocycles. The Labute approximate surface area is 143 Å². The molecule has 4 nitrogen and oxygen atoms in total. The van der Waals surface area contributed by atoms with E-state index in [-0.39, 0.29) is 18.3 Å². The topological polar surface area (TPSA) is 42.4 Å². The van der Waals surface area contributed by atoms with E-state index in [1.54, 1.807) is 18.0 Å². The molecular weight excluding hydrogens is 327 g/mol. The Hall–Kier alpha value is -2.47. The quantitative estimate of drug-likeness (QED) is 0.716. The third-order valence-electron chi connectivity index (χ3n) is 3.96. The maximum Gasteiger partial charge on any atom is 0.274 e. The van der Waals surface area contributed by atoms with Crippen molar-refractivity contribution in [3.05, 3.63) is 53.3 Å². The van der Waals surface area contributed by atoms with Crippen molar-refractivity contribution in [1.82, 2.24) is 4.98 Å². The maximum absolute atomic E-state index is 13.2. The lowest BCUT2D eigenvalue weighted by molar-refractivity contribution is -0.120. The van der Waals surface area contributed by atoms with Crippen molar-refractivity contribution in [2.24, 2.45) is 0 Å². The first-order chi connectivity index (χ1) is 11.5. The van der Waals surface area contributed by atoms with Crippen LogP contribution in [0.5, 0.6) is 5.19 Å². The highest BCUT2D eigenvalue weighted by Gasteiger charge is 2.15. The number of halogens is 1. The minimum Gasteiger partial charge on any atom is -0.460 e. The van der Waals surface area contributed by atoms with E-state index in [4.69, 9.17) is 4.74 Å². The number of ether oxygens (including phenoxy) is 1. The van der Waals surface area contributed by atoms with Crippen LogP contribution in [-0.4, -0.2) is 24.5 Å². The first-order valence-corrected chi connectivity index (χ1v) is 8.29. The van der Waals surface area contributed by atoms with Gasteiger partial charge in [0.05, 0.1) is 10.2 Å². The average Bonchev–Trinajstić information content (AvgIpc) is 2.96. The zero-order valence-corrected chi connectivity index (χ0v) is 14.5. The van der Waals surface area contributed by atoms with Crippen molar-refractivity contribution >= 4 is 33.1 Å². The molecule has 0 spiro atoms. The van der Waals surface area contributed by atoms with Crippen molar-refractivity contribution in [3.8, 4) is 5.19 Å². The number of carbonyl (C=O) groups excluding carboxylic acids is 1. The number of amides is 1. The molecule has 3 rings (SSSR count). The molecule has 1 heterocycles. The van der Waals surface area contributed by atoms with Crippen molar-refractivity contribution in [3.63, 3.8) is 0 Å². The van der Waals surface area contributed by atoms with Crippen LogP contribution in [-0.2, 0) is 4.79 Å². The smallest absolute Gasteiger partial charge is 0.274 e. The van der Waals surface area contributed by atoms with E-state index < -0.39 is 0 Å². The van der Waals surface area contributed by atoms with Crippen LogP contribution in [0.25, 0.3) is 10.2 Å². The van der Waals surface area contributed by atoms with Gasteiger partial charge in [0.25, 0.3) is 11.1 Å². The van der Waals surface area contributed by atoms with Crippen LogP contribution >= 0.6 is 11.3 Å². The Balaban J connectivity index is 1.71. The van der Waals surface area contributed by atoms with Gasteiger partial charge in [-0.1, -0.05) is 23.5 Å². The summed E-state index contributed by atoms with van der Waals surface area (Å²) >= 11 is 1.29. The van der Waals surface area contributed by atoms with Gasteiger partial charge in [-0.2, -0.15) is 0 Å². The molecule has 24 heavy (non-hydrogen) atoms. The molecule has 0 aliphatic rings. The monoisotopic (exact) mass is 344 g/mol. The van der Waals surface area contributed by atoms with Crippen molar-refractivity contribution in [1.29, 1.82) is 0 Å². The van der Waals surface area contributed by atoms with Gasteiger partial charge >= 0.3 is 0 Å². The molecule has 0 N–H and O–H groups in total. The second kappa shape index (κ2) is 6.57. The van der Waals surface area contributed by atoms with Crippen LogP contribution in [0.3, 0.4) is 0 Å². The number of thiazole rings is 1. The van der Waals surface area contributed by atoms with Crippen molar-refractivity contribution in [2.45, 2.75) is 13.8 Å². The molecule has 0 bridgehead atoms. The van der Waals surface area contributed by atoms with Gasteiger partial charge in [0, 0.05) is 18.8 Å². The van der Waals surface area contributed by atoms with Crippen LogP contribution < -0.4 is 9.64 Å². The predicted octanol–water partition coefficient (Wildman–Crippen LogP) is 4.09. The number of benzene rings is 2. The van der Waals surface area contributed by atoms with Gasteiger partial charge in [-0.25, -0.2) is 9.37 Å². The zero-order valence-electron chi connectivity index (χ0n) is 13.7. The highest BCUT2D eigenvalue weighted by atomic mass is 32.1. The molecule has 1 amide bonds. The van der Waals surface area contributed by atoms with Gasteiger partial charge in [0.1, 0.15) is 5.82 Å². The number of fused-ring (bicyclic) bond motifs is 1. The summed E-state index contributed by atoms with van der Waals surface area (Å²) in [5, 5.41) is 0.360. The van der Waals surface area contributed by atoms with E-state index in [1.165, 1.54) is 23.5 Å². The van der Waals surface area contributed by atoms with E-state index in [2.05, 4.69) is 4.98 Å². The molecule has 1 aromatic heterocycles. The van der Waals surface area contributed by atoms with E-state index in [0.717, 1.165) is 21.5 Å². The molecule has 6 heteroatoms. The summed E-state index contributed by atoms with van der Waals surface area (Å²) in [5.41, 5.74) is 3.57. The fraction of sp³-hybridized carbons (Fsp3) is 0.222. The van der Waals surface area contributed by atoms with E-state index >= 15 is 0 Å². The molecule has 0 aliphatic heterocycles. The standard InChI is InChI=1S/C18H17FN2O2S/c1-11-5-4-6-15(12(11)2)21(3)17(22)10-23-18-20-14-9-13(19)7-8-16(14)24-18/h4-9H,10H2,1-3H3. The summed E-state index contributed by atoms with van der Waals surface area (Å²) in [6, 6.07) is 10.2. The van der Waals surface area contributed by atoms with Crippen LogP contribution in [0.15, 0.2) is 36.4 Å². The third-order valence-corrected chi connectivity index (χ3v) is 4.91. The summed E-state index contributed by atoms with van der Waals surface area (Å²) in [6.07, 6.45) is 0. The number of anilines is 1. The molecule has 0 atom stereocenters. The maximum atomic E-state index is 13.2. The summed E-state index contributed by atoms with van der Waals surface area (Å²) in [5.74, 6) is -0.515. The van der Waals surface area contributed by atoms with Crippen molar-refractivity contribution in [2.75, 3.05) is 18.6 Å². The Kier molecular flexibility index (Phi) is 4.49. The highest BCUT2D eigenvalue weighted by molar-refractivity contribution is 7.20. The zero-order chi connectivity index (χ0) is 17.3. The summed E-state index contributed by atoms with van der Waals surface area (Å²) in [4.78, 5) is 18.1. The molecule has 0 saturated carbocycles. The Morgan fingerprint density at radius 3 is 2.88 bits per heavy atom. The second-order valence-electron chi connectivity index (χ2n) is 5.55. The normalized spacial score (nSPS) is 10.8. The minimum atomic E-state index is -0.343. The lowest BCUT2D eigenvalue weighted by Gasteiger charge is -2.20. The lowest BCUT2D eigenvalue weighted by Crippen LogP contribution is -2.31. The summed E-state index contributed by atoms with van der Waals surface area (Å²) in [6.45, 7) is 3.87. The van der Waals surface area contributed by atoms with Gasteiger partial charge in [0.15, 0.2) is 6.61 Å². The number of aromatic nitrogens is 1. The fourth-order valence-corrected chi connectivity index (χ4v) is 3.19. The van der Waals surface area contributed by atoms with Crippen LogP contribution in [0.4, 0.5) is 10.1 Å². The number of nitrogens with zero attached hydrogens (tertiary/aromatic N) is 2. The third kappa shape index (κ3) is 3.23. The average molecular weight is 344 g/mol. The van der Waals surface area contributed by atoms with Gasteiger partial charge < -0.3 is 9.64 Å². The molecule has 0 radical (unpaired) electrons. The number of carbonyl (C=O) groups is 1. The number of likely N-dealkylation sites (N-methyl/N-ethyl adjacent to an activating group) is 1.